The van der Waals surface area contributed by atoms with E-state index in [-0.39, 0.29) is 0 Å². The van der Waals surface area contributed by atoms with Crippen LogP contribution in [-0.2, 0) is 0 Å². The van der Waals surface area contributed by atoms with Crippen LogP contribution in [0.4, 0.5) is 17.1 Å². The zero-order valence-electron chi connectivity index (χ0n) is 13.8. The Balaban J connectivity index is 1.53. The van der Waals surface area contributed by atoms with E-state index in [1.165, 1.54) is 9.79 Å². The number of para-hydroxylation sites is 3. The first-order valence-electron chi connectivity index (χ1n) is 8.42. The summed E-state index contributed by atoms with van der Waals surface area (Å²) in [5, 5.41) is 13.9. The number of nitrogens with one attached hydrogen (secondary N) is 1. The summed E-state index contributed by atoms with van der Waals surface area (Å²) < 4.78 is 0. The number of hydrogen-bond donors (Lipinski definition) is 2. The smallest absolute Gasteiger partial charge is 0.0891 e. The average Bonchev–Trinajstić information content (AvgIpc) is 2.67. The Morgan fingerprint density at radius 3 is 2.00 bits per heavy atom. The average molecular weight is 348 g/mol. The Hall–Kier alpha value is -2.43. The van der Waals surface area contributed by atoms with E-state index in [2.05, 4.69) is 58.7 Å². The lowest BCUT2D eigenvalue weighted by molar-refractivity contribution is 0.195. The van der Waals surface area contributed by atoms with Crippen molar-refractivity contribution in [1.82, 2.24) is 0 Å². The highest BCUT2D eigenvalue weighted by Crippen LogP contribution is 2.47. The molecule has 126 valence electrons. The second-order valence-corrected chi connectivity index (χ2v) is 7.13. The summed E-state index contributed by atoms with van der Waals surface area (Å²) in [6.45, 7) is 1.06. The van der Waals surface area contributed by atoms with Gasteiger partial charge in [0.2, 0.25) is 0 Å². The molecule has 0 aliphatic carbocycles. The molecule has 3 nitrogen and oxygen atoms in total. The summed E-state index contributed by atoms with van der Waals surface area (Å²) in [6, 6.07) is 26.7. The van der Waals surface area contributed by atoms with Crippen molar-refractivity contribution >= 4 is 28.8 Å². The predicted molar refractivity (Wildman–Crippen MR) is 105 cm³/mol. The molecule has 1 aliphatic rings. The third-order valence-electron chi connectivity index (χ3n) is 4.24. The zero-order chi connectivity index (χ0) is 17.1. The molecule has 0 saturated carbocycles. The Labute approximate surface area is 152 Å². The lowest BCUT2D eigenvalue weighted by Crippen LogP contribution is -2.34. The van der Waals surface area contributed by atoms with Crippen molar-refractivity contribution in [2.45, 2.75) is 15.9 Å². The molecule has 0 radical (unpaired) electrons. The van der Waals surface area contributed by atoms with Crippen LogP contribution >= 0.6 is 11.8 Å². The Morgan fingerprint density at radius 1 is 0.800 bits per heavy atom. The quantitative estimate of drug-likeness (QED) is 0.697. The Morgan fingerprint density at radius 2 is 1.36 bits per heavy atom. The summed E-state index contributed by atoms with van der Waals surface area (Å²) in [5.41, 5.74) is 3.34. The van der Waals surface area contributed by atoms with Crippen LogP contribution in [0.1, 0.15) is 0 Å². The molecule has 3 aromatic carbocycles. The molecule has 0 saturated heterocycles. The van der Waals surface area contributed by atoms with E-state index < -0.39 is 6.10 Å². The van der Waals surface area contributed by atoms with Crippen LogP contribution in [0.2, 0.25) is 0 Å². The SMILES string of the molecule is O[C@H](CNc1ccccc1)CN1c2ccccc2Sc2ccccc21. The lowest BCUT2D eigenvalue weighted by Gasteiger charge is -2.34. The minimum absolute atomic E-state index is 0.482. The Kier molecular flexibility index (Phi) is 4.63. The second kappa shape index (κ2) is 7.21. The summed E-state index contributed by atoms with van der Waals surface area (Å²) in [7, 11) is 0. The van der Waals surface area contributed by atoms with E-state index in [1.807, 2.05) is 30.3 Å². The highest BCUT2D eigenvalue weighted by Gasteiger charge is 2.24. The van der Waals surface area contributed by atoms with Crippen LogP contribution in [0.25, 0.3) is 0 Å². The molecular formula is C21H20N2OS. The summed E-state index contributed by atoms with van der Waals surface area (Å²) in [6.07, 6.45) is -0.482. The van der Waals surface area contributed by atoms with Crippen LogP contribution in [0, 0.1) is 0 Å². The van der Waals surface area contributed by atoms with Gasteiger partial charge in [-0.25, -0.2) is 0 Å². The first-order chi connectivity index (χ1) is 12.3. The highest BCUT2D eigenvalue weighted by atomic mass is 32.2. The summed E-state index contributed by atoms with van der Waals surface area (Å²) in [5.74, 6) is 0. The molecule has 1 heterocycles. The van der Waals surface area contributed by atoms with Gasteiger partial charge < -0.3 is 15.3 Å². The molecule has 25 heavy (non-hydrogen) atoms. The maximum absolute atomic E-state index is 10.6. The van der Waals surface area contributed by atoms with E-state index in [9.17, 15) is 5.11 Å². The molecule has 4 heteroatoms. The van der Waals surface area contributed by atoms with Crippen molar-refractivity contribution < 1.29 is 5.11 Å². The normalized spacial score (nSPS) is 13.7. The minimum atomic E-state index is -0.482. The van der Waals surface area contributed by atoms with Crippen molar-refractivity contribution in [3.63, 3.8) is 0 Å². The van der Waals surface area contributed by atoms with Crippen molar-refractivity contribution in [1.29, 1.82) is 0 Å². The van der Waals surface area contributed by atoms with Crippen LogP contribution < -0.4 is 10.2 Å². The van der Waals surface area contributed by atoms with Gasteiger partial charge in [-0.05, 0) is 36.4 Å². The van der Waals surface area contributed by atoms with Gasteiger partial charge in [0.15, 0.2) is 0 Å². The molecular weight excluding hydrogens is 328 g/mol. The zero-order valence-corrected chi connectivity index (χ0v) is 14.6. The predicted octanol–water partition coefficient (Wildman–Crippen LogP) is 4.76. The number of β-amino-alcohol motifs (C(OH)–C–C–N with tert-alkyl or cyclic N) is 1. The van der Waals surface area contributed by atoms with Gasteiger partial charge >= 0.3 is 0 Å². The molecule has 2 N–H and O–H groups in total. The van der Waals surface area contributed by atoms with E-state index in [0.29, 0.717) is 13.1 Å². The molecule has 1 aliphatic heterocycles. The van der Waals surface area contributed by atoms with Gasteiger partial charge in [0.05, 0.1) is 24.0 Å². The number of aliphatic hydroxyl groups is 1. The Bertz CT molecular complexity index is 808. The number of rotatable bonds is 5. The molecule has 0 bridgehead atoms. The number of fused-ring (bicyclic) bond motifs is 2. The van der Waals surface area contributed by atoms with Gasteiger partial charge in [-0.2, -0.15) is 0 Å². The topological polar surface area (TPSA) is 35.5 Å². The van der Waals surface area contributed by atoms with E-state index >= 15 is 0 Å². The van der Waals surface area contributed by atoms with Gasteiger partial charge in [-0.3, -0.25) is 0 Å². The molecule has 0 aromatic heterocycles. The van der Waals surface area contributed by atoms with Crippen molar-refractivity contribution in [2.24, 2.45) is 0 Å². The molecule has 3 aromatic rings. The number of benzene rings is 3. The minimum Gasteiger partial charge on any atom is -0.389 e. The number of nitrogens with zero attached hydrogens (tertiary/aromatic N) is 1. The van der Waals surface area contributed by atoms with Gasteiger partial charge in [-0.1, -0.05) is 54.2 Å². The summed E-state index contributed by atoms with van der Waals surface area (Å²) in [4.78, 5) is 4.67. The van der Waals surface area contributed by atoms with Crippen molar-refractivity contribution in [3.8, 4) is 0 Å². The second-order valence-electron chi connectivity index (χ2n) is 6.05. The third kappa shape index (κ3) is 3.50. The van der Waals surface area contributed by atoms with Crippen LogP contribution in [-0.4, -0.2) is 24.3 Å². The first-order valence-corrected chi connectivity index (χ1v) is 9.23. The number of anilines is 3. The van der Waals surface area contributed by atoms with Crippen molar-refractivity contribution in [3.05, 3.63) is 78.9 Å². The number of aliphatic hydroxyl groups excluding tert-OH is 1. The van der Waals surface area contributed by atoms with Gasteiger partial charge in [-0.15, -0.1) is 0 Å². The third-order valence-corrected chi connectivity index (χ3v) is 5.37. The van der Waals surface area contributed by atoms with Crippen LogP contribution in [0.5, 0.6) is 0 Å². The summed E-state index contributed by atoms with van der Waals surface area (Å²) >= 11 is 1.78. The van der Waals surface area contributed by atoms with Crippen molar-refractivity contribution in [2.75, 3.05) is 23.3 Å². The fourth-order valence-corrected chi connectivity index (χ4v) is 4.14. The molecule has 4 rings (SSSR count). The first kappa shape index (κ1) is 16.1. The van der Waals surface area contributed by atoms with Crippen LogP contribution in [0.3, 0.4) is 0 Å². The largest absolute Gasteiger partial charge is 0.389 e. The van der Waals surface area contributed by atoms with Gasteiger partial charge in [0.25, 0.3) is 0 Å². The maximum Gasteiger partial charge on any atom is 0.0891 e. The maximum atomic E-state index is 10.6. The molecule has 0 spiro atoms. The van der Waals surface area contributed by atoms with E-state index in [4.69, 9.17) is 0 Å². The fraction of sp³-hybridized carbons (Fsp3) is 0.143. The highest BCUT2D eigenvalue weighted by molar-refractivity contribution is 7.99. The standard InChI is InChI=1S/C21H20N2OS/c24-17(14-22-16-8-2-1-3-9-16)15-23-18-10-4-6-12-20(18)25-21-13-7-5-11-19(21)23/h1-13,17,22,24H,14-15H2/t17-/m1/s1. The molecule has 0 unspecified atom stereocenters. The number of hydrogen-bond acceptors (Lipinski definition) is 4. The molecule has 1 atom stereocenters. The van der Waals surface area contributed by atoms with Gasteiger partial charge in [0, 0.05) is 22.0 Å². The monoisotopic (exact) mass is 348 g/mol. The fourth-order valence-electron chi connectivity index (χ4n) is 3.04. The molecule has 0 fully saturated rings. The molecule has 0 amide bonds. The lowest BCUT2D eigenvalue weighted by atomic mass is 10.2. The van der Waals surface area contributed by atoms with E-state index in [0.717, 1.165) is 17.1 Å². The van der Waals surface area contributed by atoms with Gasteiger partial charge in [0.1, 0.15) is 0 Å². The van der Waals surface area contributed by atoms with E-state index in [1.54, 1.807) is 11.8 Å². The van der Waals surface area contributed by atoms with Crippen LogP contribution in [0.15, 0.2) is 88.7 Å².